The van der Waals surface area contributed by atoms with Crippen molar-refractivity contribution in [2.75, 3.05) is 14.2 Å². The number of rotatable bonds is 4. The van der Waals surface area contributed by atoms with Crippen LogP contribution < -0.4 is 0 Å². The van der Waals surface area contributed by atoms with Crippen LogP contribution in [-0.2, 0) is 20.7 Å². The van der Waals surface area contributed by atoms with E-state index in [2.05, 4.69) is 9.97 Å². The van der Waals surface area contributed by atoms with E-state index in [0.29, 0.717) is 28.0 Å². The minimum Gasteiger partial charge on any atom is -0.469 e. The summed E-state index contributed by atoms with van der Waals surface area (Å²) < 4.78 is 10.0. The third-order valence-electron chi connectivity index (χ3n) is 5.51. The van der Waals surface area contributed by atoms with Crippen molar-refractivity contribution in [2.24, 2.45) is 0 Å². The number of nitrogens with one attached hydrogen (secondary N) is 2. The number of aromatic amines is 2. The van der Waals surface area contributed by atoms with Gasteiger partial charge in [0.15, 0.2) is 0 Å². The number of H-pyrrole nitrogens is 2. The molecule has 0 fully saturated rings. The summed E-state index contributed by atoms with van der Waals surface area (Å²) in [5.41, 5.74) is 4.46. The molecule has 0 aliphatic carbocycles. The Kier molecular flexibility index (Phi) is 4.43. The smallest absolute Gasteiger partial charge is 0.342 e. The van der Waals surface area contributed by atoms with Gasteiger partial charge in [-0.2, -0.15) is 0 Å². The van der Waals surface area contributed by atoms with Gasteiger partial charge >= 0.3 is 11.9 Å². The second kappa shape index (κ2) is 7.28. The summed E-state index contributed by atoms with van der Waals surface area (Å²) in [6.07, 6.45) is 1.77. The molecule has 7 nitrogen and oxygen atoms in total. The van der Waals surface area contributed by atoms with Crippen LogP contribution in [-0.4, -0.2) is 41.1 Å². The van der Waals surface area contributed by atoms with Gasteiger partial charge < -0.3 is 19.4 Å². The lowest BCUT2D eigenvalue weighted by Crippen LogP contribution is -2.09. The number of aromatic nitrogens is 3. The van der Waals surface area contributed by atoms with Crippen molar-refractivity contribution in [2.45, 2.75) is 6.42 Å². The zero-order chi connectivity index (χ0) is 21.5. The Hall–Kier alpha value is -4.13. The normalized spacial score (nSPS) is 11.3. The molecule has 5 aromatic rings. The van der Waals surface area contributed by atoms with Crippen LogP contribution in [0.25, 0.3) is 44.0 Å². The second-order valence-corrected chi connectivity index (χ2v) is 7.21. The van der Waals surface area contributed by atoms with E-state index in [1.807, 2.05) is 48.5 Å². The number of hydrogen-bond acceptors (Lipinski definition) is 5. The lowest BCUT2D eigenvalue weighted by molar-refractivity contribution is -0.139. The predicted molar refractivity (Wildman–Crippen MR) is 118 cm³/mol. The van der Waals surface area contributed by atoms with E-state index in [1.54, 1.807) is 6.20 Å². The molecule has 0 saturated heterocycles. The quantitative estimate of drug-likeness (QED) is 0.427. The molecule has 3 aromatic heterocycles. The van der Waals surface area contributed by atoms with Gasteiger partial charge in [-0.15, -0.1) is 0 Å². The molecule has 0 saturated carbocycles. The van der Waals surface area contributed by atoms with Crippen LogP contribution in [0.1, 0.15) is 16.1 Å². The Bertz CT molecular complexity index is 1480. The molecule has 2 aromatic carbocycles. The molecule has 0 unspecified atom stereocenters. The monoisotopic (exact) mass is 413 g/mol. The van der Waals surface area contributed by atoms with Gasteiger partial charge in [0.25, 0.3) is 0 Å². The Morgan fingerprint density at radius 1 is 0.871 bits per heavy atom. The molecule has 0 radical (unpaired) electrons. The van der Waals surface area contributed by atoms with Crippen LogP contribution in [0.2, 0.25) is 0 Å². The summed E-state index contributed by atoms with van der Waals surface area (Å²) in [5, 5.41) is 2.65. The molecule has 5 rings (SSSR count). The molecular formula is C24H19N3O4. The largest absolute Gasteiger partial charge is 0.469 e. The van der Waals surface area contributed by atoms with Gasteiger partial charge in [-0.25, -0.2) is 4.79 Å². The highest BCUT2D eigenvalue weighted by Gasteiger charge is 2.26. The number of esters is 2. The molecule has 0 aliphatic rings. The third-order valence-corrected chi connectivity index (χ3v) is 5.51. The molecular weight excluding hydrogens is 394 g/mol. The van der Waals surface area contributed by atoms with Gasteiger partial charge in [-0.05, 0) is 12.1 Å². The molecule has 7 heteroatoms. The standard InChI is InChI=1S/C24H19N3O4/c1-30-19(28)11-18-20(14-8-4-6-10-17(14)26-18)23-21(24(29)31-2)22-15(12-25-23)13-7-3-5-9-16(13)27-22/h3-10,12,26-27H,11H2,1-2H3. The fourth-order valence-electron chi connectivity index (χ4n) is 4.11. The minimum absolute atomic E-state index is 0.0214. The topological polar surface area (TPSA) is 97.1 Å². The summed E-state index contributed by atoms with van der Waals surface area (Å²) in [6.45, 7) is 0. The van der Waals surface area contributed by atoms with E-state index in [0.717, 1.165) is 27.2 Å². The zero-order valence-corrected chi connectivity index (χ0v) is 17.0. The number of hydrogen-bond donors (Lipinski definition) is 2. The first-order chi connectivity index (χ1) is 15.1. The molecule has 0 aliphatic heterocycles. The van der Waals surface area contributed by atoms with Crippen molar-refractivity contribution in [3.63, 3.8) is 0 Å². The summed E-state index contributed by atoms with van der Waals surface area (Å²) in [5.74, 6) is -0.895. The Morgan fingerprint density at radius 3 is 2.26 bits per heavy atom. The minimum atomic E-state index is -0.506. The fourth-order valence-corrected chi connectivity index (χ4v) is 4.11. The van der Waals surface area contributed by atoms with E-state index < -0.39 is 5.97 Å². The van der Waals surface area contributed by atoms with Crippen molar-refractivity contribution >= 4 is 44.6 Å². The molecule has 31 heavy (non-hydrogen) atoms. The number of para-hydroxylation sites is 2. The first-order valence-electron chi connectivity index (χ1n) is 9.77. The van der Waals surface area contributed by atoms with Crippen molar-refractivity contribution in [3.8, 4) is 11.3 Å². The van der Waals surface area contributed by atoms with Crippen LogP contribution in [0, 0.1) is 0 Å². The second-order valence-electron chi connectivity index (χ2n) is 7.21. The van der Waals surface area contributed by atoms with Gasteiger partial charge in [-0.3, -0.25) is 9.78 Å². The Balaban J connectivity index is 1.88. The number of carbonyl (C=O) groups excluding carboxylic acids is 2. The van der Waals surface area contributed by atoms with Gasteiger partial charge in [0.1, 0.15) is 5.56 Å². The number of nitrogens with zero attached hydrogens (tertiary/aromatic N) is 1. The molecule has 3 heterocycles. The Morgan fingerprint density at radius 2 is 1.55 bits per heavy atom. The molecule has 2 N–H and O–H groups in total. The number of ether oxygens (including phenoxy) is 2. The van der Waals surface area contributed by atoms with Gasteiger partial charge in [0, 0.05) is 44.6 Å². The van der Waals surface area contributed by atoms with E-state index in [4.69, 9.17) is 14.5 Å². The number of carbonyl (C=O) groups is 2. The molecule has 0 bridgehead atoms. The van der Waals surface area contributed by atoms with Crippen LogP contribution in [0.15, 0.2) is 54.7 Å². The maximum atomic E-state index is 13.0. The summed E-state index contributed by atoms with van der Waals surface area (Å²) >= 11 is 0. The Labute approximate surface area is 177 Å². The zero-order valence-electron chi connectivity index (χ0n) is 17.0. The summed E-state index contributed by atoms with van der Waals surface area (Å²) in [6, 6.07) is 15.4. The van der Waals surface area contributed by atoms with E-state index in [-0.39, 0.29) is 12.4 Å². The third kappa shape index (κ3) is 2.93. The summed E-state index contributed by atoms with van der Waals surface area (Å²) in [7, 11) is 2.69. The van der Waals surface area contributed by atoms with E-state index in [9.17, 15) is 9.59 Å². The van der Waals surface area contributed by atoms with E-state index >= 15 is 0 Å². The van der Waals surface area contributed by atoms with Gasteiger partial charge in [0.05, 0.1) is 31.9 Å². The fraction of sp³-hybridized carbons (Fsp3) is 0.125. The SMILES string of the molecule is COC(=O)Cc1[nH]c2ccccc2c1-c1ncc2c([nH]c3ccccc32)c1C(=O)OC. The predicted octanol–water partition coefficient (Wildman–Crippen LogP) is 4.37. The molecule has 0 atom stereocenters. The number of pyridine rings is 1. The first-order valence-corrected chi connectivity index (χ1v) is 9.77. The number of benzene rings is 2. The van der Waals surface area contributed by atoms with Crippen LogP contribution >= 0.6 is 0 Å². The number of methoxy groups -OCH3 is 2. The molecule has 0 spiro atoms. The maximum absolute atomic E-state index is 13.0. The first kappa shape index (κ1) is 18.9. The van der Waals surface area contributed by atoms with Crippen molar-refractivity contribution in [1.29, 1.82) is 0 Å². The van der Waals surface area contributed by atoms with Crippen molar-refractivity contribution in [3.05, 3.63) is 66.0 Å². The van der Waals surface area contributed by atoms with E-state index in [1.165, 1.54) is 14.2 Å². The maximum Gasteiger partial charge on any atom is 0.342 e. The highest BCUT2D eigenvalue weighted by molar-refractivity contribution is 6.17. The highest BCUT2D eigenvalue weighted by Crippen LogP contribution is 2.38. The van der Waals surface area contributed by atoms with Crippen molar-refractivity contribution < 1.29 is 19.1 Å². The van der Waals surface area contributed by atoms with Crippen molar-refractivity contribution in [1.82, 2.24) is 15.0 Å². The van der Waals surface area contributed by atoms with Crippen LogP contribution in [0.3, 0.4) is 0 Å². The lowest BCUT2D eigenvalue weighted by Gasteiger charge is -2.10. The van der Waals surface area contributed by atoms with Gasteiger partial charge in [-0.1, -0.05) is 36.4 Å². The average Bonchev–Trinajstić information content (AvgIpc) is 3.35. The van der Waals surface area contributed by atoms with Gasteiger partial charge in [0.2, 0.25) is 0 Å². The summed E-state index contributed by atoms with van der Waals surface area (Å²) in [4.78, 5) is 36.4. The average molecular weight is 413 g/mol. The lowest BCUT2D eigenvalue weighted by atomic mass is 9.99. The highest BCUT2D eigenvalue weighted by atomic mass is 16.5. The molecule has 154 valence electrons. The van der Waals surface area contributed by atoms with Crippen LogP contribution in [0.4, 0.5) is 0 Å². The number of fused-ring (bicyclic) bond motifs is 4. The molecule has 0 amide bonds. The van der Waals surface area contributed by atoms with Crippen LogP contribution in [0.5, 0.6) is 0 Å².